The predicted octanol–water partition coefficient (Wildman–Crippen LogP) is 1.81. The van der Waals surface area contributed by atoms with Crippen molar-refractivity contribution in [2.75, 3.05) is 25.0 Å². The van der Waals surface area contributed by atoms with Crippen molar-refractivity contribution in [1.82, 2.24) is 4.90 Å². The van der Waals surface area contributed by atoms with Crippen molar-refractivity contribution in [2.45, 2.75) is 19.8 Å². The number of piperidine rings is 1. The number of nitrogens with two attached hydrogens (primary N) is 1. The van der Waals surface area contributed by atoms with E-state index in [1.807, 2.05) is 4.90 Å². The fourth-order valence-corrected chi connectivity index (χ4v) is 2.42. The number of anilines is 1. The minimum atomic E-state index is -0.391. The van der Waals surface area contributed by atoms with Crippen LogP contribution in [0.4, 0.5) is 10.1 Å². The molecule has 1 aromatic rings. The lowest BCUT2D eigenvalue weighted by Gasteiger charge is -2.31. The topological polar surface area (TPSA) is 70.7 Å². The molecule has 0 radical (unpaired) electrons. The van der Waals surface area contributed by atoms with Crippen molar-refractivity contribution in [3.05, 3.63) is 30.1 Å². The second-order valence-electron chi connectivity index (χ2n) is 5.43. The van der Waals surface area contributed by atoms with Gasteiger partial charge in [0, 0.05) is 18.8 Å². The SMILES string of the molecule is CC1CCCN(C(N)=NCC(=O)Nc2cccc(F)c2)C1. The van der Waals surface area contributed by atoms with Gasteiger partial charge in [-0.1, -0.05) is 13.0 Å². The molecule has 21 heavy (non-hydrogen) atoms. The summed E-state index contributed by atoms with van der Waals surface area (Å²) in [4.78, 5) is 17.9. The summed E-state index contributed by atoms with van der Waals surface area (Å²) in [6.07, 6.45) is 2.29. The summed E-state index contributed by atoms with van der Waals surface area (Å²) in [5.74, 6) is 0.288. The highest BCUT2D eigenvalue weighted by Gasteiger charge is 2.17. The smallest absolute Gasteiger partial charge is 0.246 e. The lowest BCUT2D eigenvalue weighted by Crippen LogP contribution is -2.43. The lowest BCUT2D eigenvalue weighted by molar-refractivity contribution is -0.114. The van der Waals surface area contributed by atoms with E-state index in [1.54, 1.807) is 6.07 Å². The summed E-state index contributed by atoms with van der Waals surface area (Å²) in [5, 5.41) is 2.59. The molecule has 1 saturated heterocycles. The molecule has 0 spiro atoms. The predicted molar refractivity (Wildman–Crippen MR) is 81.5 cm³/mol. The molecule has 1 heterocycles. The average Bonchev–Trinajstić information content (AvgIpc) is 2.45. The van der Waals surface area contributed by atoms with E-state index in [9.17, 15) is 9.18 Å². The summed E-state index contributed by atoms with van der Waals surface area (Å²) in [7, 11) is 0. The number of aliphatic imine (C=N–C) groups is 1. The highest BCUT2D eigenvalue weighted by molar-refractivity contribution is 5.93. The van der Waals surface area contributed by atoms with E-state index in [4.69, 9.17) is 5.73 Å². The average molecular weight is 292 g/mol. The van der Waals surface area contributed by atoms with E-state index in [-0.39, 0.29) is 12.5 Å². The molecule has 0 bridgehead atoms. The van der Waals surface area contributed by atoms with Crippen LogP contribution >= 0.6 is 0 Å². The maximum absolute atomic E-state index is 13.0. The van der Waals surface area contributed by atoms with Crippen LogP contribution in [0.5, 0.6) is 0 Å². The third kappa shape index (κ3) is 4.73. The van der Waals surface area contributed by atoms with Gasteiger partial charge in [-0.05, 0) is 37.0 Å². The number of carbonyl (C=O) groups excluding carboxylic acids is 1. The van der Waals surface area contributed by atoms with Crippen LogP contribution in [0, 0.1) is 11.7 Å². The summed E-state index contributed by atoms with van der Waals surface area (Å²) >= 11 is 0. The summed E-state index contributed by atoms with van der Waals surface area (Å²) in [6, 6.07) is 5.75. The number of nitrogens with zero attached hydrogens (tertiary/aromatic N) is 2. The molecular weight excluding hydrogens is 271 g/mol. The van der Waals surface area contributed by atoms with Crippen molar-refractivity contribution in [1.29, 1.82) is 0 Å². The Morgan fingerprint density at radius 1 is 1.57 bits per heavy atom. The van der Waals surface area contributed by atoms with Crippen LogP contribution in [-0.4, -0.2) is 36.4 Å². The normalized spacial score (nSPS) is 19.4. The van der Waals surface area contributed by atoms with Gasteiger partial charge in [-0.25, -0.2) is 9.38 Å². The molecule has 1 amide bonds. The summed E-state index contributed by atoms with van der Waals surface area (Å²) in [6.45, 7) is 3.87. The zero-order valence-corrected chi connectivity index (χ0v) is 12.2. The molecule has 1 fully saturated rings. The zero-order chi connectivity index (χ0) is 15.2. The van der Waals surface area contributed by atoms with Gasteiger partial charge in [-0.3, -0.25) is 4.79 Å². The number of hydrogen-bond acceptors (Lipinski definition) is 2. The van der Waals surface area contributed by atoms with Crippen LogP contribution in [0.15, 0.2) is 29.3 Å². The molecule has 0 aromatic heterocycles. The Hall–Kier alpha value is -2.11. The molecule has 1 aliphatic rings. The Morgan fingerprint density at radius 3 is 3.10 bits per heavy atom. The molecule has 0 aliphatic carbocycles. The Kier molecular flexibility index (Phi) is 5.14. The van der Waals surface area contributed by atoms with Crippen LogP contribution < -0.4 is 11.1 Å². The molecular formula is C15H21FN4O. The molecule has 3 N–H and O–H groups in total. The van der Waals surface area contributed by atoms with Crippen LogP contribution in [0.1, 0.15) is 19.8 Å². The van der Waals surface area contributed by atoms with Crippen molar-refractivity contribution < 1.29 is 9.18 Å². The van der Waals surface area contributed by atoms with E-state index < -0.39 is 5.82 Å². The second kappa shape index (κ2) is 7.06. The molecule has 1 unspecified atom stereocenters. The van der Waals surface area contributed by atoms with Crippen molar-refractivity contribution >= 4 is 17.6 Å². The summed E-state index contributed by atoms with van der Waals surface area (Å²) in [5.41, 5.74) is 6.33. The number of rotatable bonds is 3. The first-order chi connectivity index (χ1) is 10.0. The van der Waals surface area contributed by atoms with Gasteiger partial charge in [0.25, 0.3) is 0 Å². The van der Waals surface area contributed by atoms with Gasteiger partial charge in [-0.2, -0.15) is 0 Å². The zero-order valence-electron chi connectivity index (χ0n) is 12.2. The van der Waals surface area contributed by atoms with Crippen molar-refractivity contribution in [3.63, 3.8) is 0 Å². The van der Waals surface area contributed by atoms with Crippen LogP contribution in [0.3, 0.4) is 0 Å². The van der Waals surface area contributed by atoms with Gasteiger partial charge in [0.15, 0.2) is 5.96 Å². The fourth-order valence-electron chi connectivity index (χ4n) is 2.42. The number of likely N-dealkylation sites (tertiary alicyclic amines) is 1. The van der Waals surface area contributed by atoms with Gasteiger partial charge in [0.1, 0.15) is 12.4 Å². The van der Waals surface area contributed by atoms with Crippen molar-refractivity contribution in [3.8, 4) is 0 Å². The van der Waals surface area contributed by atoms with Gasteiger partial charge in [0.2, 0.25) is 5.91 Å². The van der Waals surface area contributed by atoms with E-state index in [0.29, 0.717) is 17.6 Å². The second-order valence-corrected chi connectivity index (χ2v) is 5.43. The first-order valence-corrected chi connectivity index (χ1v) is 7.15. The highest BCUT2D eigenvalue weighted by atomic mass is 19.1. The van der Waals surface area contributed by atoms with Crippen LogP contribution in [-0.2, 0) is 4.79 Å². The van der Waals surface area contributed by atoms with Gasteiger partial charge < -0.3 is 16.0 Å². The maximum Gasteiger partial charge on any atom is 0.246 e. The number of nitrogens with one attached hydrogen (secondary N) is 1. The highest BCUT2D eigenvalue weighted by Crippen LogP contribution is 2.14. The Balaban J connectivity index is 1.86. The summed E-state index contributed by atoms with van der Waals surface area (Å²) < 4.78 is 13.0. The molecule has 1 aromatic carbocycles. The molecule has 1 atom stereocenters. The standard InChI is InChI=1S/C15H21FN4O/c1-11-4-3-7-20(10-11)15(17)18-9-14(21)19-13-6-2-5-12(16)8-13/h2,5-6,8,11H,3-4,7,9-10H2,1H3,(H2,17,18)(H,19,21). The number of hydrogen-bond donors (Lipinski definition) is 2. The Labute approximate surface area is 124 Å². The monoisotopic (exact) mass is 292 g/mol. The Bertz CT molecular complexity index is 532. The van der Waals surface area contributed by atoms with Gasteiger partial charge in [-0.15, -0.1) is 0 Å². The molecule has 0 saturated carbocycles. The lowest BCUT2D eigenvalue weighted by atomic mass is 10.0. The Morgan fingerprint density at radius 2 is 2.38 bits per heavy atom. The largest absolute Gasteiger partial charge is 0.370 e. The number of halogens is 1. The molecule has 114 valence electrons. The molecule has 6 heteroatoms. The van der Waals surface area contributed by atoms with Gasteiger partial charge >= 0.3 is 0 Å². The van der Waals surface area contributed by atoms with E-state index in [1.165, 1.54) is 24.6 Å². The van der Waals surface area contributed by atoms with Crippen molar-refractivity contribution in [2.24, 2.45) is 16.6 Å². The number of amides is 1. The van der Waals surface area contributed by atoms with Crippen LogP contribution in [0.2, 0.25) is 0 Å². The maximum atomic E-state index is 13.0. The fraction of sp³-hybridized carbons (Fsp3) is 0.467. The van der Waals surface area contributed by atoms with E-state index in [2.05, 4.69) is 17.2 Å². The third-order valence-corrected chi connectivity index (χ3v) is 3.47. The van der Waals surface area contributed by atoms with Gasteiger partial charge in [0.05, 0.1) is 0 Å². The van der Waals surface area contributed by atoms with E-state index in [0.717, 1.165) is 19.5 Å². The first-order valence-electron chi connectivity index (χ1n) is 7.15. The first kappa shape index (κ1) is 15.3. The molecule has 5 nitrogen and oxygen atoms in total. The molecule has 1 aliphatic heterocycles. The number of benzene rings is 1. The minimum Gasteiger partial charge on any atom is -0.370 e. The number of carbonyl (C=O) groups is 1. The third-order valence-electron chi connectivity index (χ3n) is 3.47. The quantitative estimate of drug-likeness (QED) is 0.659. The minimum absolute atomic E-state index is 0.0623. The van der Waals surface area contributed by atoms with Crippen LogP contribution in [0.25, 0.3) is 0 Å². The van der Waals surface area contributed by atoms with E-state index >= 15 is 0 Å². The molecule has 2 rings (SSSR count). The number of guanidine groups is 1.